The van der Waals surface area contributed by atoms with Crippen LogP contribution in [0.25, 0.3) is 0 Å². The molecule has 0 aliphatic rings. The molecule has 0 radical (unpaired) electrons. The maximum atomic E-state index is 9.48. The molecule has 3 heteroatoms. The predicted octanol–water partition coefficient (Wildman–Crippen LogP) is 1.24. The van der Waals surface area contributed by atoms with Gasteiger partial charge in [-0.15, -0.1) is 0 Å². The first-order valence-corrected chi connectivity index (χ1v) is 3.95. The van der Waals surface area contributed by atoms with Gasteiger partial charge < -0.3 is 9.84 Å². The van der Waals surface area contributed by atoms with Crippen LogP contribution >= 0.6 is 0 Å². The lowest BCUT2D eigenvalue weighted by molar-refractivity contribution is 0.0644. The van der Waals surface area contributed by atoms with Crippen LogP contribution in [-0.4, -0.2) is 18.8 Å². The molecular weight excluding hydrogens is 166 g/mol. The summed E-state index contributed by atoms with van der Waals surface area (Å²) in [5.74, 6) is 0. The third-order valence-electron chi connectivity index (χ3n) is 1.75. The van der Waals surface area contributed by atoms with E-state index in [1.165, 1.54) is 7.11 Å². The molecule has 0 amide bonds. The summed E-state index contributed by atoms with van der Waals surface area (Å²) in [4.78, 5) is 0. The highest BCUT2D eigenvalue weighted by Crippen LogP contribution is 2.13. The van der Waals surface area contributed by atoms with Crippen LogP contribution in [0.4, 0.5) is 0 Å². The lowest BCUT2D eigenvalue weighted by atomic mass is 10.1. The summed E-state index contributed by atoms with van der Waals surface area (Å²) in [6.07, 6.45) is -0.613. The predicted molar refractivity (Wildman–Crippen MR) is 48.0 cm³/mol. The van der Waals surface area contributed by atoms with Gasteiger partial charge in [0.2, 0.25) is 0 Å². The van der Waals surface area contributed by atoms with Crippen molar-refractivity contribution in [1.29, 1.82) is 5.26 Å². The van der Waals surface area contributed by atoms with Crippen LogP contribution in [0.1, 0.15) is 17.2 Å². The molecule has 1 aromatic carbocycles. The topological polar surface area (TPSA) is 53.2 Å². The Hall–Kier alpha value is -1.37. The lowest BCUT2D eigenvalue weighted by Gasteiger charge is -2.08. The van der Waals surface area contributed by atoms with Crippen LogP contribution in [-0.2, 0) is 4.74 Å². The number of rotatable bonds is 3. The summed E-state index contributed by atoms with van der Waals surface area (Å²) in [6.45, 7) is 0.270. The second kappa shape index (κ2) is 4.61. The molecule has 0 spiro atoms. The van der Waals surface area contributed by atoms with E-state index in [2.05, 4.69) is 0 Å². The summed E-state index contributed by atoms with van der Waals surface area (Å²) in [5.41, 5.74) is 1.36. The van der Waals surface area contributed by atoms with Crippen molar-refractivity contribution < 1.29 is 9.84 Å². The van der Waals surface area contributed by atoms with E-state index in [-0.39, 0.29) is 6.61 Å². The lowest BCUT2D eigenvalue weighted by Crippen LogP contribution is -2.04. The molecule has 1 unspecified atom stereocenters. The minimum absolute atomic E-state index is 0.270. The van der Waals surface area contributed by atoms with Gasteiger partial charge in [-0.1, -0.05) is 12.1 Å². The van der Waals surface area contributed by atoms with E-state index in [0.29, 0.717) is 5.56 Å². The number of ether oxygens (including phenoxy) is 1. The Balaban J connectivity index is 2.75. The van der Waals surface area contributed by atoms with Gasteiger partial charge in [-0.05, 0) is 17.7 Å². The SMILES string of the molecule is COCC(O)c1ccc(C#N)cc1. The molecule has 0 fully saturated rings. The van der Waals surface area contributed by atoms with E-state index in [0.717, 1.165) is 5.56 Å². The Labute approximate surface area is 77.2 Å². The molecule has 0 aliphatic carbocycles. The second-order valence-electron chi connectivity index (χ2n) is 2.70. The van der Waals surface area contributed by atoms with Crippen molar-refractivity contribution in [3.63, 3.8) is 0 Å². The van der Waals surface area contributed by atoms with Crippen molar-refractivity contribution in [3.05, 3.63) is 35.4 Å². The summed E-state index contributed by atoms with van der Waals surface area (Å²) < 4.78 is 4.80. The minimum atomic E-state index is -0.613. The fourth-order valence-electron chi connectivity index (χ4n) is 1.03. The highest BCUT2D eigenvalue weighted by molar-refractivity contribution is 5.32. The van der Waals surface area contributed by atoms with Gasteiger partial charge in [0.1, 0.15) is 6.10 Å². The zero-order valence-corrected chi connectivity index (χ0v) is 7.40. The van der Waals surface area contributed by atoms with Gasteiger partial charge in [-0.2, -0.15) is 5.26 Å². The van der Waals surface area contributed by atoms with E-state index in [1.54, 1.807) is 24.3 Å². The average Bonchev–Trinajstić information content (AvgIpc) is 2.18. The smallest absolute Gasteiger partial charge is 0.102 e. The van der Waals surface area contributed by atoms with E-state index < -0.39 is 6.10 Å². The summed E-state index contributed by atoms with van der Waals surface area (Å²) >= 11 is 0. The van der Waals surface area contributed by atoms with Crippen LogP contribution in [0.5, 0.6) is 0 Å². The average molecular weight is 177 g/mol. The number of aliphatic hydroxyl groups excluding tert-OH is 1. The number of hydrogen-bond acceptors (Lipinski definition) is 3. The Bertz CT molecular complexity index is 300. The fourth-order valence-corrected chi connectivity index (χ4v) is 1.03. The first-order valence-electron chi connectivity index (χ1n) is 3.95. The van der Waals surface area contributed by atoms with Gasteiger partial charge in [0.15, 0.2) is 0 Å². The maximum absolute atomic E-state index is 9.48. The standard InChI is InChI=1S/C10H11NO2/c1-13-7-10(12)9-4-2-8(6-11)3-5-9/h2-5,10,12H,7H2,1H3. The van der Waals surface area contributed by atoms with E-state index in [9.17, 15) is 5.11 Å². The van der Waals surface area contributed by atoms with Crippen molar-refractivity contribution in [2.75, 3.05) is 13.7 Å². The maximum Gasteiger partial charge on any atom is 0.102 e. The number of hydrogen-bond donors (Lipinski definition) is 1. The third kappa shape index (κ3) is 2.55. The highest BCUT2D eigenvalue weighted by atomic mass is 16.5. The Morgan fingerprint density at radius 3 is 2.54 bits per heavy atom. The van der Waals surface area contributed by atoms with Crippen molar-refractivity contribution in [3.8, 4) is 6.07 Å². The number of nitriles is 1. The molecular formula is C10H11NO2. The molecule has 1 rings (SSSR count). The van der Waals surface area contributed by atoms with Gasteiger partial charge in [0.05, 0.1) is 18.2 Å². The van der Waals surface area contributed by atoms with Crippen LogP contribution < -0.4 is 0 Å². The summed E-state index contributed by atoms with van der Waals surface area (Å²) in [7, 11) is 1.53. The van der Waals surface area contributed by atoms with Crippen molar-refractivity contribution in [2.24, 2.45) is 0 Å². The van der Waals surface area contributed by atoms with Gasteiger partial charge in [-0.25, -0.2) is 0 Å². The second-order valence-corrected chi connectivity index (χ2v) is 2.70. The first kappa shape index (κ1) is 9.72. The number of aliphatic hydroxyl groups is 1. The van der Waals surface area contributed by atoms with Crippen LogP contribution in [0.15, 0.2) is 24.3 Å². The van der Waals surface area contributed by atoms with Gasteiger partial charge in [0, 0.05) is 7.11 Å². The fraction of sp³-hybridized carbons (Fsp3) is 0.300. The minimum Gasteiger partial charge on any atom is -0.386 e. The zero-order valence-electron chi connectivity index (χ0n) is 7.40. The first-order chi connectivity index (χ1) is 6.27. The zero-order chi connectivity index (χ0) is 9.68. The molecule has 1 N–H and O–H groups in total. The molecule has 3 nitrogen and oxygen atoms in total. The molecule has 0 aliphatic heterocycles. The van der Waals surface area contributed by atoms with E-state index >= 15 is 0 Å². The van der Waals surface area contributed by atoms with Crippen molar-refractivity contribution in [2.45, 2.75) is 6.10 Å². The highest BCUT2D eigenvalue weighted by Gasteiger charge is 2.05. The van der Waals surface area contributed by atoms with E-state index in [4.69, 9.17) is 10.00 Å². The largest absolute Gasteiger partial charge is 0.386 e. The summed E-state index contributed by atoms with van der Waals surface area (Å²) in [5, 5.41) is 18.0. The molecule has 0 aromatic heterocycles. The van der Waals surface area contributed by atoms with Crippen LogP contribution in [0.2, 0.25) is 0 Å². The number of nitrogens with zero attached hydrogens (tertiary/aromatic N) is 1. The Morgan fingerprint density at radius 2 is 2.08 bits per heavy atom. The van der Waals surface area contributed by atoms with Gasteiger partial charge in [-0.3, -0.25) is 0 Å². The van der Waals surface area contributed by atoms with Crippen LogP contribution in [0, 0.1) is 11.3 Å². The van der Waals surface area contributed by atoms with Crippen molar-refractivity contribution >= 4 is 0 Å². The molecule has 1 atom stereocenters. The third-order valence-corrected chi connectivity index (χ3v) is 1.75. The number of methoxy groups -OCH3 is 1. The molecule has 0 saturated heterocycles. The molecule has 1 aromatic rings. The number of benzene rings is 1. The monoisotopic (exact) mass is 177 g/mol. The van der Waals surface area contributed by atoms with Gasteiger partial charge >= 0.3 is 0 Å². The molecule has 68 valence electrons. The normalized spacial score (nSPS) is 12.1. The Kier molecular flexibility index (Phi) is 3.44. The van der Waals surface area contributed by atoms with Gasteiger partial charge in [0.25, 0.3) is 0 Å². The Morgan fingerprint density at radius 1 is 1.46 bits per heavy atom. The summed E-state index contributed by atoms with van der Waals surface area (Å²) in [6, 6.07) is 8.81. The van der Waals surface area contributed by atoms with Crippen molar-refractivity contribution in [1.82, 2.24) is 0 Å². The van der Waals surface area contributed by atoms with E-state index in [1.807, 2.05) is 6.07 Å². The molecule has 0 bridgehead atoms. The molecule has 0 heterocycles. The molecule has 0 saturated carbocycles. The quantitative estimate of drug-likeness (QED) is 0.755. The molecule has 13 heavy (non-hydrogen) atoms. The van der Waals surface area contributed by atoms with Crippen LogP contribution in [0.3, 0.4) is 0 Å².